The zero-order valence-corrected chi connectivity index (χ0v) is 13.0. The molecule has 0 bridgehead atoms. The number of fused-ring (bicyclic) bond motifs is 1. The molecule has 0 spiro atoms. The van der Waals surface area contributed by atoms with Gasteiger partial charge < -0.3 is 0 Å². The van der Waals surface area contributed by atoms with Crippen molar-refractivity contribution in [3.8, 4) is 0 Å². The lowest BCUT2D eigenvalue weighted by Gasteiger charge is -2.20. The summed E-state index contributed by atoms with van der Waals surface area (Å²) in [5, 5.41) is 0. The van der Waals surface area contributed by atoms with E-state index < -0.39 is 10.0 Å². The molecular formula is C15H21NO3S. The summed E-state index contributed by atoms with van der Waals surface area (Å²) in [5.74, 6) is 0.555. The molecule has 0 saturated heterocycles. The molecule has 1 aliphatic rings. The molecule has 0 radical (unpaired) electrons. The van der Waals surface area contributed by atoms with Crippen molar-refractivity contribution in [2.75, 3.05) is 16.6 Å². The van der Waals surface area contributed by atoms with Gasteiger partial charge in [-0.25, -0.2) is 8.42 Å². The van der Waals surface area contributed by atoms with E-state index in [1.54, 1.807) is 12.1 Å². The number of hydrogen-bond acceptors (Lipinski definition) is 3. The molecule has 4 nitrogen and oxygen atoms in total. The van der Waals surface area contributed by atoms with Gasteiger partial charge in [0.1, 0.15) is 0 Å². The largest absolute Gasteiger partial charge is 0.295 e. The molecule has 0 N–H and O–H groups in total. The molecule has 0 unspecified atom stereocenters. The van der Waals surface area contributed by atoms with E-state index in [0.717, 1.165) is 11.3 Å². The van der Waals surface area contributed by atoms with Gasteiger partial charge >= 0.3 is 0 Å². The molecule has 0 amide bonds. The van der Waals surface area contributed by atoms with Crippen LogP contribution in [-0.2, 0) is 16.4 Å². The van der Waals surface area contributed by atoms with Crippen LogP contribution in [0.4, 0.5) is 5.69 Å². The zero-order chi connectivity index (χ0) is 14.9. The predicted octanol–water partition coefficient (Wildman–Crippen LogP) is 2.63. The number of anilines is 1. The average Bonchev–Trinajstić information content (AvgIpc) is 2.79. The van der Waals surface area contributed by atoms with Crippen molar-refractivity contribution in [2.45, 2.75) is 33.6 Å². The van der Waals surface area contributed by atoms with Crippen LogP contribution in [0.25, 0.3) is 0 Å². The van der Waals surface area contributed by atoms with Gasteiger partial charge in [0, 0.05) is 12.1 Å². The highest BCUT2D eigenvalue weighted by molar-refractivity contribution is 7.92. The van der Waals surface area contributed by atoms with Gasteiger partial charge in [0.25, 0.3) is 0 Å². The molecule has 0 saturated carbocycles. The van der Waals surface area contributed by atoms with Crippen molar-refractivity contribution < 1.29 is 13.2 Å². The Morgan fingerprint density at radius 3 is 2.65 bits per heavy atom. The quantitative estimate of drug-likeness (QED) is 0.785. The molecule has 1 aliphatic heterocycles. The summed E-state index contributed by atoms with van der Waals surface area (Å²) in [5.41, 5.74) is 2.33. The molecule has 0 aliphatic carbocycles. The van der Waals surface area contributed by atoms with Gasteiger partial charge in [0.15, 0.2) is 5.78 Å². The van der Waals surface area contributed by atoms with Crippen LogP contribution in [0.2, 0.25) is 0 Å². The fourth-order valence-corrected chi connectivity index (χ4v) is 4.21. The number of carbonyl (C=O) groups is 1. The molecule has 0 atom stereocenters. The predicted molar refractivity (Wildman–Crippen MR) is 80.7 cm³/mol. The number of ketones is 1. The van der Waals surface area contributed by atoms with Crippen LogP contribution in [0, 0.1) is 5.92 Å². The minimum absolute atomic E-state index is 0.00825. The fraction of sp³-hybridized carbons (Fsp3) is 0.533. The molecule has 2 rings (SSSR count). The van der Waals surface area contributed by atoms with Crippen LogP contribution in [0.3, 0.4) is 0 Å². The first kappa shape index (κ1) is 15.0. The molecule has 20 heavy (non-hydrogen) atoms. The third kappa shape index (κ3) is 3.03. The topological polar surface area (TPSA) is 54.5 Å². The first-order chi connectivity index (χ1) is 9.31. The maximum atomic E-state index is 12.4. The Kier molecular flexibility index (Phi) is 4.18. The van der Waals surface area contributed by atoms with Gasteiger partial charge in [-0.3, -0.25) is 9.10 Å². The first-order valence-electron chi connectivity index (χ1n) is 6.95. The van der Waals surface area contributed by atoms with Crippen molar-refractivity contribution in [3.05, 3.63) is 29.3 Å². The van der Waals surface area contributed by atoms with Crippen LogP contribution in [-0.4, -0.2) is 26.5 Å². The highest BCUT2D eigenvalue weighted by atomic mass is 32.2. The minimum atomic E-state index is -3.25. The van der Waals surface area contributed by atoms with Gasteiger partial charge in [0.2, 0.25) is 10.0 Å². The van der Waals surface area contributed by atoms with Crippen molar-refractivity contribution in [1.29, 1.82) is 0 Å². The third-order valence-electron chi connectivity index (χ3n) is 3.63. The Balaban J connectivity index is 2.26. The summed E-state index contributed by atoms with van der Waals surface area (Å²) in [6.45, 7) is 6.05. The molecule has 1 heterocycles. The monoisotopic (exact) mass is 295 g/mol. The molecule has 5 heteroatoms. The zero-order valence-electron chi connectivity index (χ0n) is 12.2. The number of carbonyl (C=O) groups excluding carboxylic acids is 1. The van der Waals surface area contributed by atoms with E-state index in [1.807, 2.05) is 19.9 Å². The standard InChI is InChI=1S/C15H21NO3S/c1-11(2)7-9-20(18,19)16-8-6-14-10-13(12(3)17)4-5-15(14)16/h4-5,10-11H,6-9H2,1-3H3. The molecule has 0 fully saturated rings. The van der Waals surface area contributed by atoms with E-state index in [0.29, 0.717) is 30.9 Å². The normalized spacial score (nSPS) is 14.7. The van der Waals surface area contributed by atoms with Crippen molar-refractivity contribution in [3.63, 3.8) is 0 Å². The number of benzene rings is 1. The van der Waals surface area contributed by atoms with Gasteiger partial charge in [-0.05, 0) is 49.4 Å². The summed E-state index contributed by atoms with van der Waals surface area (Å²) in [6.07, 6.45) is 1.34. The first-order valence-corrected chi connectivity index (χ1v) is 8.56. The Morgan fingerprint density at radius 1 is 1.35 bits per heavy atom. The molecular weight excluding hydrogens is 274 g/mol. The number of rotatable bonds is 5. The fourth-order valence-electron chi connectivity index (χ4n) is 2.37. The maximum absolute atomic E-state index is 12.4. The molecule has 110 valence electrons. The van der Waals surface area contributed by atoms with E-state index in [1.165, 1.54) is 11.2 Å². The highest BCUT2D eigenvalue weighted by Gasteiger charge is 2.29. The smallest absolute Gasteiger partial charge is 0.235 e. The van der Waals surface area contributed by atoms with Gasteiger partial charge in [0.05, 0.1) is 11.4 Å². The second-order valence-electron chi connectivity index (χ2n) is 5.72. The summed E-state index contributed by atoms with van der Waals surface area (Å²) >= 11 is 0. The Hall–Kier alpha value is -1.36. The molecule has 1 aromatic rings. The van der Waals surface area contributed by atoms with Gasteiger partial charge in [-0.1, -0.05) is 13.8 Å². The SMILES string of the molecule is CC(=O)c1ccc2c(c1)CCN2S(=O)(=O)CCC(C)C. The lowest BCUT2D eigenvalue weighted by atomic mass is 10.1. The summed E-state index contributed by atoms with van der Waals surface area (Å²) in [7, 11) is -3.25. The van der Waals surface area contributed by atoms with E-state index >= 15 is 0 Å². The van der Waals surface area contributed by atoms with Gasteiger partial charge in [-0.15, -0.1) is 0 Å². The van der Waals surface area contributed by atoms with Crippen molar-refractivity contribution in [2.24, 2.45) is 5.92 Å². The maximum Gasteiger partial charge on any atom is 0.235 e. The number of hydrogen-bond donors (Lipinski definition) is 0. The summed E-state index contributed by atoms with van der Waals surface area (Å²) < 4.78 is 26.3. The highest BCUT2D eigenvalue weighted by Crippen LogP contribution is 2.31. The number of nitrogens with zero attached hydrogens (tertiary/aromatic N) is 1. The molecule has 1 aromatic carbocycles. The van der Waals surface area contributed by atoms with Gasteiger partial charge in [-0.2, -0.15) is 0 Å². The Labute approximate surface area is 120 Å². The second-order valence-corrected chi connectivity index (χ2v) is 7.73. The summed E-state index contributed by atoms with van der Waals surface area (Å²) in [6, 6.07) is 5.28. The van der Waals surface area contributed by atoms with Crippen LogP contribution >= 0.6 is 0 Å². The Bertz CT molecular complexity index is 620. The average molecular weight is 295 g/mol. The Morgan fingerprint density at radius 2 is 2.05 bits per heavy atom. The third-order valence-corrected chi connectivity index (χ3v) is 5.43. The number of sulfonamides is 1. The molecule has 0 aromatic heterocycles. The van der Waals surface area contributed by atoms with E-state index in [-0.39, 0.29) is 11.5 Å². The number of Topliss-reactive ketones (excluding diaryl/α,β-unsaturated/α-hetero) is 1. The van der Waals surface area contributed by atoms with Crippen LogP contribution in [0.5, 0.6) is 0 Å². The lowest BCUT2D eigenvalue weighted by Crippen LogP contribution is -2.31. The van der Waals surface area contributed by atoms with E-state index in [2.05, 4.69) is 0 Å². The lowest BCUT2D eigenvalue weighted by molar-refractivity contribution is 0.101. The van der Waals surface area contributed by atoms with Crippen molar-refractivity contribution >= 4 is 21.5 Å². The van der Waals surface area contributed by atoms with E-state index in [9.17, 15) is 13.2 Å². The van der Waals surface area contributed by atoms with Crippen LogP contribution in [0.1, 0.15) is 43.1 Å². The van der Waals surface area contributed by atoms with Crippen LogP contribution < -0.4 is 4.31 Å². The van der Waals surface area contributed by atoms with Crippen molar-refractivity contribution in [1.82, 2.24) is 0 Å². The van der Waals surface area contributed by atoms with E-state index in [4.69, 9.17) is 0 Å². The van der Waals surface area contributed by atoms with Crippen LogP contribution in [0.15, 0.2) is 18.2 Å². The minimum Gasteiger partial charge on any atom is -0.295 e. The second kappa shape index (κ2) is 5.56. The summed E-state index contributed by atoms with van der Waals surface area (Å²) in [4.78, 5) is 11.4.